The Bertz CT molecular complexity index is 1130. The van der Waals surface area contributed by atoms with Crippen molar-refractivity contribution in [2.75, 3.05) is 39.9 Å². The second-order valence-electron chi connectivity index (χ2n) is 11.8. The molecule has 0 fully saturated rings. The fraction of sp³-hybridized carbons (Fsp3) is 0.531. The number of aliphatic hydroxyl groups is 1. The van der Waals surface area contributed by atoms with Crippen LogP contribution in [0.4, 0.5) is 0 Å². The number of rotatable bonds is 14. The summed E-state index contributed by atoms with van der Waals surface area (Å²) in [5, 5.41) is 11.8. The highest BCUT2D eigenvalue weighted by Crippen LogP contribution is 2.23. The van der Waals surface area contributed by atoms with Gasteiger partial charge >= 0.3 is 0 Å². The molecule has 0 saturated carbocycles. The average molecular weight is 522 g/mol. The van der Waals surface area contributed by atoms with E-state index in [-0.39, 0.29) is 23.8 Å². The highest BCUT2D eigenvalue weighted by atomic mass is 16.5. The van der Waals surface area contributed by atoms with E-state index < -0.39 is 6.10 Å². The summed E-state index contributed by atoms with van der Waals surface area (Å²) in [5.74, 6) is 0.215. The van der Waals surface area contributed by atoms with Crippen LogP contribution in [0.5, 0.6) is 0 Å². The van der Waals surface area contributed by atoms with Gasteiger partial charge in [-0.3, -0.25) is 9.69 Å². The Kier molecular flexibility index (Phi) is 11.0. The van der Waals surface area contributed by atoms with Crippen LogP contribution in [0.15, 0.2) is 54.7 Å². The van der Waals surface area contributed by atoms with Crippen LogP contribution in [-0.4, -0.2) is 71.8 Å². The lowest BCUT2D eigenvalue weighted by Gasteiger charge is -2.30. The Morgan fingerprint density at radius 2 is 1.76 bits per heavy atom. The number of para-hydroxylation sites is 1. The van der Waals surface area contributed by atoms with Crippen molar-refractivity contribution in [3.63, 3.8) is 0 Å². The lowest BCUT2D eigenvalue weighted by molar-refractivity contribution is -0.133. The first kappa shape index (κ1) is 29.9. The normalized spacial score (nSPS) is 13.0. The number of amides is 1. The minimum Gasteiger partial charge on any atom is -0.392 e. The first-order valence-corrected chi connectivity index (χ1v) is 13.9. The molecular formula is C32H47N3O3. The Hall–Kier alpha value is -2.67. The molecule has 1 aromatic heterocycles. The van der Waals surface area contributed by atoms with Crippen molar-refractivity contribution >= 4 is 16.8 Å². The first-order valence-electron chi connectivity index (χ1n) is 13.9. The maximum atomic E-state index is 13.8. The Labute approximate surface area is 229 Å². The predicted octanol–water partition coefficient (Wildman–Crippen LogP) is 5.39. The van der Waals surface area contributed by atoms with Crippen LogP contribution in [0.3, 0.4) is 0 Å². The first-order chi connectivity index (χ1) is 18.1. The zero-order valence-electron chi connectivity index (χ0n) is 24.2. The maximum Gasteiger partial charge on any atom is 0.237 e. The SMILES string of the molecule is COCCCN(CC(=O)N(CCc1c[nH]c2ccccc12)Cc1ccc(C(C)(C)C)cc1)CC(O)C(C)C. The molecule has 3 rings (SSSR count). The van der Waals surface area contributed by atoms with Gasteiger partial charge in [0.25, 0.3) is 0 Å². The van der Waals surface area contributed by atoms with Crippen molar-refractivity contribution in [1.29, 1.82) is 0 Å². The minimum absolute atomic E-state index is 0.0816. The summed E-state index contributed by atoms with van der Waals surface area (Å²) in [4.78, 5) is 21.2. The molecule has 1 amide bonds. The van der Waals surface area contributed by atoms with Crippen LogP contribution >= 0.6 is 0 Å². The predicted molar refractivity (Wildman–Crippen MR) is 156 cm³/mol. The lowest BCUT2D eigenvalue weighted by atomic mass is 9.87. The topological polar surface area (TPSA) is 68.8 Å². The van der Waals surface area contributed by atoms with Crippen molar-refractivity contribution in [2.45, 2.75) is 65.5 Å². The van der Waals surface area contributed by atoms with Gasteiger partial charge in [-0.1, -0.05) is 77.1 Å². The second kappa shape index (κ2) is 13.9. The minimum atomic E-state index is -0.477. The monoisotopic (exact) mass is 521 g/mol. The number of methoxy groups -OCH3 is 1. The van der Waals surface area contributed by atoms with Gasteiger partial charge in [0.05, 0.1) is 12.6 Å². The number of hydrogen-bond acceptors (Lipinski definition) is 4. The van der Waals surface area contributed by atoms with Gasteiger partial charge in [-0.25, -0.2) is 0 Å². The van der Waals surface area contributed by atoms with Gasteiger partial charge in [0.2, 0.25) is 5.91 Å². The van der Waals surface area contributed by atoms with Crippen molar-refractivity contribution in [1.82, 2.24) is 14.8 Å². The summed E-state index contributed by atoms with van der Waals surface area (Å²) < 4.78 is 5.24. The molecule has 0 spiro atoms. The lowest BCUT2D eigenvalue weighted by Crippen LogP contribution is -2.44. The number of carbonyl (C=O) groups is 1. The van der Waals surface area contributed by atoms with Gasteiger partial charge in [-0.05, 0) is 46.9 Å². The molecule has 0 radical (unpaired) electrons. The van der Waals surface area contributed by atoms with Crippen LogP contribution in [-0.2, 0) is 27.9 Å². The zero-order valence-corrected chi connectivity index (χ0v) is 24.2. The van der Waals surface area contributed by atoms with Gasteiger partial charge < -0.3 is 19.7 Å². The van der Waals surface area contributed by atoms with Gasteiger partial charge in [0.15, 0.2) is 0 Å². The average Bonchev–Trinajstić information content (AvgIpc) is 3.29. The molecular weight excluding hydrogens is 474 g/mol. The van der Waals surface area contributed by atoms with Crippen molar-refractivity contribution < 1.29 is 14.6 Å². The third-order valence-corrected chi connectivity index (χ3v) is 7.27. The number of aliphatic hydroxyl groups excluding tert-OH is 1. The van der Waals surface area contributed by atoms with Gasteiger partial charge in [0.1, 0.15) is 0 Å². The number of nitrogens with zero attached hydrogens (tertiary/aromatic N) is 2. The number of H-pyrrole nitrogens is 1. The van der Waals surface area contributed by atoms with E-state index in [0.717, 1.165) is 23.9 Å². The number of fused-ring (bicyclic) bond motifs is 1. The molecule has 208 valence electrons. The second-order valence-corrected chi connectivity index (χ2v) is 11.8. The van der Waals surface area contributed by atoms with E-state index in [1.807, 2.05) is 24.8 Å². The molecule has 0 aliphatic heterocycles. The van der Waals surface area contributed by atoms with Crippen LogP contribution in [0, 0.1) is 5.92 Å². The standard InChI is InChI=1S/C32H47N3O3/c1-24(2)30(36)22-34(17-9-19-38-6)23-31(37)35(21-25-12-14-27(15-13-25)32(3,4)5)18-16-26-20-33-29-11-8-7-10-28(26)29/h7-8,10-15,20,24,30,33,36H,9,16-19,21-23H2,1-6H3. The highest BCUT2D eigenvalue weighted by molar-refractivity contribution is 5.83. The van der Waals surface area contributed by atoms with E-state index in [9.17, 15) is 9.90 Å². The molecule has 1 atom stereocenters. The van der Waals surface area contributed by atoms with E-state index in [1.165, 1.54) is 16.5 Å². The molecule has 2 N–H and O–H groups in total. The molecule has 3 aromatic rings. The number of hydrogen-bond donors (Lipinski definition) is 2. The summed E-state index contributed by atoms with van der Waals surface area (Å²) in [6.07, 6.45) is 3.17. The summed E-state index contributed by atoms with van der Waals surface area (Å²) in [6, 6.07) is 16.9. The molecule has 38 heavy (non-hydrogen) atoms. The summed E-state index contributed by atoms with van der Waals surface area (Å²) in [7, 11) is 1.69. The van der Waals surface area contributed by atoms with E-state index in [2.05, 4.69) is 79.3 Å². The summed E-state index contributed by atoms with van der Waals surface area (Å²) in [6.45, 7) is 13.9. The third-order valence-electron chi connectivity index (χ3n) is 7.27. The fourth-order valence-electron chi connectivity index (χ4n) is 4.65. The van der Waals surface area contributed by atoms with Crippen LogP contribution in [0.25, 0.3) is 10.9 Å². The molecule has 1 heterocycles. The number of benzene rings is 2. The fourth-order valence-corrected chi connectivity index (χ4v) is 4.65. The van der Waals surface area contributed by atoms with E-state index in [4.69, 9.17) is 4.74 Å². The number of aromatic nitrogens is 1. The van der Waals surface area contributed by atoms with Gasteiger partial charge in [0, 0.05) is 57.0 Å². The third kappa shape index (κ3) is 8.69. The Morgan fingerprint density at radius 1 is 1.05 bits per heavy atom. The maximum absolute atomic E-state index is 13.8. The molecule has 0 aliphatic carbocycles. The number of ether oxygens (including phenoxy) is 1. The van der Waals surface area contributed by atoms with Gasteiger partial charge in [-0.2, -0.15) is 0 Å². The van der Waals surface area contributed by atoms with E-state index >= 15 is 0 Å². The zero-order chi connectivity index (χ0) is 27.7. The van der Waals surface area contributed by atoms with E-state index in [1.54, 1.807) is 7.11 Å². The molecule has 2 aromatic carbocycles. The Morgan fingerprint density at radius 3 is 2.42 bits per heavy atom. The molecule has 1 unspecified atom stereocenters. The van der Waals surface area contributed by atoms with Crippen LogP contribution < -0.4 is 0 Å². The summed E-state index contributed by atoms with van der Waals surface area (Å²) >= 11 is 0. The summed E-state index contributed by atoms with van der Waals surface area (Å²) in [5.41, 5.74) is 4.82. The van der Waals surface area contributed by atoms with Crippen molar-refractivity contribution in [2.24, 2.45) is 5.92 Å². The van der Waals surface area contributed by atoms with Crippen molar-refractivity contribution in [3.8, 4) is 0 Å². The molecule has 0 bridgehead atoms. The molecule has 0 saturated heterocycles. The number of aromatic amines is 1. The number of carbonyl (C=O) groups excluding carboxylic acids is 1. The smallest absolute Gasteiger partial charge is 0.237 e. The molecule has 0 aliphatic rings. The molecule has 6 heteroatoms. The Balaban J connectivity index is 1.78. The largest absolute Gasteiger partial charge is 0.392 e. The van der Waals surface area contributed by atoms with Crippen molar-refractivity contribution in [3.05, 3.63) is 71.4 Å². The van der Waals surface area contributed by atoms with E-state index in [0.29, 0.717) is 32.8 Å². The van der Waals surface area contributed by atoms with Crippen LogP contribution in [0.1, 0.15) is 57.7 Å². The quantitative estimate of drug-likeness (QED) is 0.279. The van der Waals surface area contributed by atoms with Gasteiger partial charge in [-0.15, -0.1) is 0 Å². The van der Waals surface area contributed by atoms with Crippen LogP contribution in [0.2, 0.25) is 0 Å². The highest BCUT2D eigenvalue weighted by Gasteiger charge is 2.22. The number of nitrogens with one attached hydrogen (secondary N) is 1. The molecule has 6 nitrogen and oxygen atoms in total.